The minimum absolute atomic E-state index is 0.148. The number of anilines is 1. The molecule has 46 heavy (non-hydrogen) atoms. The van der Waals surface area contributed by atoms with Gasteiger partial charge in [0.1, 0.15) is 16.7 Å². The molecule has 1 amide bonds. The summed E-state index contributed by atoms with van der Waals surface area (Å²) >= 11 is 8.30. The van der Waals surface area contributed by atoms with Gasteiger partial charge >= 0.3 is 0 Å². The number of hydrogen-bond donors (Lipinski definition) is 1. The Kier molecular flexibility index (Phi) is 10.9. The third-order valence-electron chi connectivity index (χ3n) is 11.1. The number of nitrogens with zero attached hydrogens (tertiary/aromatic N) is 2. The SMILES string of the molecule is CCCc1cc(Cl)ccc1C1COc2ccc3cc2N(C1)CC1CCC1C1(CCCC(C)C(C)S(=O)NC3=O)CN(SC)CCO1. The van der Waals surface area contributed by atoms with Crippen LogP contribution in [0, 0.1) is 17.8 Å². The molecule has 7 unspecified atom stereocenters. The molecule has 1 N–H and O–H groups in total. The zero-order valence-corrected chi connectivity index (χ0v) is 30.2. The fourth-order valence-electron chi connectivity index (χ4n) is 8.12. The maximum Gasteiger partial charge on any atom is 0.263 e. The van der Waals surface area contributed by atoms with Crippen LogP contribution < -0.4 is 14.4 Å². The highest BCUT2D eigenvalue weighted by Gasteiger charge is 2.51. The predicted molar refractivity (Wildman–Crippen MR) is 190 cm³/mol. The molecule has 0 radical (unpaired) electrons. The number of aryl methyl sites for hydroxylation is 1. The molecule has 2 bridgehead atoms. The zero-order valence-electron chi connectivity index (χ0n) is 27.8. The molecular formula is C36H50ClN3O4S2. The van der Waals surface area contributed by atoms with Crippen molar-refractivity contribution in [1.29, 1.82) is 0 Å². The lowest BCUT2D eigenvalue weighted by molar-refractivity contribution is -0.163. The molecular weight excluding hydrogens is 638 g/mol. The van der Waals surface area contributed by atoms with Gasteiger partial charge in [-0.15, -0.1) is 0 Å². The minimum atomic E-state index is -1.49. The van der Waals surface area contributed by atoms with Crippen molar-refractivity contribution in [3.63, 3.8) is 0 Å². The van der Waals surface area contributed by atoms with E-state index in [4.69, 9.17) is 21.1 Å². The summed E-state index contributed by atoms with van der Waals surface area (Å²) in [6.07, 6.45) is 9.49. The Hall–Kier alpha value is -1.78. The highest BCUT2D eigenvalue weighted by Crippen LogP contribution is 2.49. The molecule has 1 aliphatic carbocycles. The summed E-state index contributed by atoms with van der Waals surface area (Å²) in [6, 6.07) is 12.0. The van der Waals surface area contributed by atoms with Crippen molar-refractivity contribution in [3.05, 3.63) is 58.1 Å². The number of hydrogen-bond acceptors (Lipinski definition) is 7. The van der Waals surface area contributed by atoms with Crippen molar-refractivity contribution in [2.45, 2.75) is 82.5 Å². The van der Waals surface area contributed by atoms with E-state index >= 15 is 0 Å². The Morgan fingerprint density at radius 1 is 1.13 bits per heavy atom. The Bertz CT molecular complexity index is 1430. The molecule has 7 nitrogen and oxygen atoms in total. The Labute approximate surface area is 287 Å². The fourth-order valence-corrected chi connectivity index (χ4v) is 9.96. The van der Waals surface area contributed by atoms with E-state index in [-0.39, 0.29) is 28.6 Å². The van der Waals surface area contributed by atoms with Crippen molar-refractivity contribution < 1.29 is 18.5 Å². The molecule has 2 aromatic carbocycles. The van der Waals surface area contributed by atoms with Gasteiger partial charge in [0.05, 0.1) is 29.8 Å². The van der Waals surface area contributed by atoms with Crippen LogP contribution in [-0.2, 0) is 22.1 Å². The van der Waals surface area contributed by atoms with Crippen LogP contribution in [0.1, 0.15) is 86.7 Å². The average Bonchev–Trinajstić information content (AvgIpc) is 3.21. The van der Waals surface area contributed by atoms with Crippen molar-refractivity contribution in [2.75, 3.05) is 50.5 Å². The largest absolute Gasteiger partial charge is 0.491 e. The summed E-state index contributed by atoms with van der Waals surface area (Å²) in [5.41, 5.74) is 3.83. The number of fused-ring (bicyclic) bond motifs is 3. The first-order valence-corrected chi connectivity index (χ1v) is 19.9. The second kappa shape index (κ2) is 14.8. The van der Waals surface area contributed by atoms with E-state index in [1.807, 2.05) is 37.1 Å². The van der Waals surface area contributed by atoms with Crippen LogP contribution in [-0.4, -0.2) is 70.9 Å². The van der Waals surface area contributed by atoms with Gasteiger partial charge in [0, 0.05) is 42.7 Å². The summed E-state index contributed by atoms with van der Waals surface area (Å²) in [5, 5.41) is 0.610. The van der Waals surface area contributed by atoms with Crippen LogP contribution in [0.4, 0.5) is 5.69 Å². The molecule has 3 aliphatic heterocycles. The molecule has 2 aromatic rings. The molecule has 10 heteroatoms. The van der Waals surface area contributed by atoms with Gasteiger partial charge in [0.15, 0.2) is 0 Å². The summed E-state index contributed by atoms with van der Waals surface area (Å²) in [7, 11) is -1.49. The maximum absolute atomic E-state index is 13.5. The van der Waals surface area contributed by atoms with Gasteiger partial charge < -0.3 is 14.4 Å². The highest BCUT2D eigenvalue weighted by molar-refractivity contribution is 7.96. The van der Waals surface area contributed by atoms with Gasteiger partial charge in [-0.05, 0) is 104 Å². The number of amides is 1. The molecule has 3 heterocycles. The number of carbonyl (C=O) groups is 1. The second-order valence-corrected chi connectivity index (χ2v) is 16.8. The van der Waals surface area contributed by atoms with Gasteiger partial charge in [0.2, 0.25) is 0 Å². The minimum Gasteiger partial charge on any atom is -0.491 e. The van der Waals surface area contributed by atoms with Crippen molar-refractivity contribution in [1.82, 2.24) is 9.03 Å². The van der Waals surface area contributed by atoms with Crippen LogP contribution >= 0.6 is 23.5 Å². The number of halogens is 1. The van der Waals surface area contributed by atoms with Crippen LogP contribution in [0.15, 0.2) is 36.4 Å². The lowest BCUT2D eigenvalue weighted by Gasteiger charge is -2.54. The fraction of sp³-hybridized carbons (Fsp3) is 0.639. The first-order chi connectivity index (χ1) is 22.2. The van der Waals surface area contributed by atoms with E-state index in [0.717, 1.165) is 81.3 Å². The van der Waals surface area contributed by atoms with Crippen LogP contribution in [0.3, 0.4) is 0 Å². The van der Waals surface area contributed by atoms with Gasteiger partial charge in [-0.1, -0.05) is 56.3 Å². The third-order valence-corrected chi connectivity index (χ3v) is 13.7. The standard InChI is InChI=1S/C36H50ClN3O4S2/c1-5-7-26-18-30(37)11-12-31(26)29-21-39-20-28-9-13-32(28)36(23-40(45-4)16-17-44-36)15-6-8-24(2)25(3)46(42)38-35(41)27-10-14-34(43-22-29)33(39)19-27/h10-12,14,18-19,24-25,28-29,32H,5-9,13,15-17,20-23H2,1-4H3,(H,38,41). The van der Waals surface area contributed by atoms with Gasteiger partial charge in [-0.2, -0.15) is 0 Å². The van der Waals surface area contributed by atoms with E-state index in [2.05, 4.69) is 46.2 Å². The molecule has 0 aromatic heterocycles. The first kappa shape index (κ1) is 34.1. The zero-order chi connectivity index (χ0) is 32.4. The third kappa shape index (κ3) is 7.14. The molecule has 4 aliphatic rings. The maximum atomic E-state index is 13.5. The van der Waals surface area contributed by atoms with Gasteiger partial charge in [-0.3, -0.25) is 9.52 Å². The number of benzene rings is 2. The molecule has 1 spiro atoms. The molecule has 7 atom stereocenters. The molecule has 1 saturated heterocycles. The summed E-state index contributed by atoms with van der Waals surface area (Å²) in [4.78, 5) is 15.9. The van der Waals surface area contributed by atoms with Crippen LogP contribution in [0.25, 0.3) is 0 Å². The van der Waals surface area contributed by atoms with Gasteiger partial charge in [-0.25, -0.2) is 8.51 Å². The van der Waals surface area contributed by atoms with Crippen molar-refractivity contribution in [3.8, 4) is 5.75 Å². The van der Waals surface area contributed by atoms with E-state index in [9.17, 15) is 9.00 Å². The highest BCUT2D eigenvalue weighted by atomic mass is 35.5. The Morgan fingerprint density at radius 2 is 1.98 bits per heavy atom. The smallest absolute Gasteiger partial charge is 0.263 e. The normalized spacial score (nSPS) is 32.5. The van der Waals surface area contributed by atoms with Crippen molar-refractivity contribution >= 4 is 46.1 Å². The number of morpholine rings is 1. The summed E-state index contributed by atoms with van der Waals surface area (Å²) in [6.45, 7) is 11.2. The average molecular weight is 688 g/mol. The van der Waals surface area contributed by atoms with Crippen LogP contribution in [0.2, 0.25) is 5.02 Å². The summed E-state index contributed by atoms with van der Waals surface area (Å²) < 4.78 is 32.1. The number of carbonyl (C=O) groups excluding carboxylic acids is 1. The first-order valence-electron chi connectivity index (χ1n) is 17.2. The monoisotopic (exact) mass is 687 g/mol. The van der Waals surface area contributed by atoms with E-state index in [1.165, 1.54) is 24.0 Å². The topological polar surface area (TPSA) is 71.1 Å². The molecule has 6 rings (SSSR count). The van der Waals surface area contributed by atoms with E-state index < -0.39 is 11.0 Å². The quantitative estimate of drug-likeness (QED) is 0.340. The number of rotatable bonds is 4. The van der Waals surface area contributed by atoms with Crippen molar-refractivity contribution in [2.24, 2.45) is 17.8 Å². The number of nitrogens with one attached hydrogen (secondary N) is 1. The summed E-state index contributed by atoms with van der Waals surface area (Å²) in [5.74, 6) is 1.78. The van der Waals surface area contributed by atoms with E-state index in [1.54, 1.807) is 6.07 Å². The predicted octanol–water partition coefficient (Wildman–Crippen LogP) is 7.25. The molecule has 252 valence electrons. The second-order valence-electron chi connectivity index (χ2n) is 13.9. The lowest BCUT2D eigenvalue weighted by Crippen LogP contribution is -2.59. The lowest BCUT2D eigenvalue weighted by atomic mass is 9.62. The van der Waals surface area contributed by atoms with E-state index in [0.29, 0.717) is 24.0 Å². The number of ether oxygens (including phenoxy) is 2. The van der Waals surface area contributed by atoms with Gasteiger partial charge in [0.25, 0.3) is 5.91 Å². The Morgan fingerprint density at radius 3 is 2.74 bits per heavy atom. The molecule has 2 fully saturated rings. The van der Waals surface area contributed by atoms with Crippen LogP contribution in [0.5, 0.6) is 5.75 Å². The molecule has 1 saturated carbocycles. The Balaban J connectivity index is 1.39.